The number of likely N-dealkylation sites (tertiary alicyclic amines) is 1. The number of carbonyl (C=O) groups is 1. The Bertz CT molecular complexity index is 558. The summed E-state index contributed by atoms with van der Waals surface area (Å²) in [7, 11) is 0. The summed E-state index contributed by atoms with van der Waals surface area (Å²) in [5, 5.41) is 3.29. The number of ether oxygens (including phenoxy) is 1. The molecule has 1 amide bonds. The summed E-state index contributed by atoms with van der Waals surface area (Å²) < 4.78 is 5.75. The third-order valence-electron chi connectivity index (χ3n) is 5.48. The third kappa shape index (κ3) is 5.55. The van der Waals surface area contributed by atoms with Crippen LogP contribution in [0.25, 0.3) is 0 Å². The SMILES string of the molecule is CC1(C)CC(NC(=O)C2CCCN(CCc3ccccc3)C2)CCO1. The van der Waals surface area contributed by atoms with E-state index in [9.17, 15) is 4.79 Å². The normalized spacial score (nSPS) is 27.0. The molecule has 1 aromatic rings. The fourth-order valence-corrected chi connectivity index (χ4v) is 4.08. The highest BCUT2D eigenvalue weighted by Crippen LogP contribution is 2.25. The Hall–Kier alpha value is -1.39. The van der Waals surface area contributed by atoms with Crippen molar-refractivity contribution in [3.05, 3.63) is 35.9 Å². The molecule has 0 spiro atoms. The third-order valence-corrected chi connectivity index (χ3v) is 5.48. The van der Waals surface area contributed by atoms with Gasteiger partial charge < -0.3 is 15.0 Å². The number of carbonyl (C=O) groups excluding carboxylic acids is 1. The van der Waals surface area contributed by atoms with Gasteiger partial charge in [-0.3, -0.25) is 4.79 Å². The van der Waals surface area contributed by atoms with Crippen molar-refractivity contribution in [1.82, 2.24) is 10.2 Å². The second-order valence-corrected chi connectivity index (χ2v) is 8.18. The molecule has 2 atom stereocenters. The highest BCUT2D eigenvalue weighted by Gasteiger charge is 2.32. The average molecular weight is 344 g/mol. The summed E-state index contributed by atoms with van der Waals surface area (Å²) in [5.74, 6) is 0.377. The summed E-state index contributed by atoms with van der Waals surface area (Å²) in [6.07, 6.45) is 5.03. The summed E-state index contributed by atoms with van der Waals surface area (Å²) in [4.78, 5) is 15.2. The smallest absolute Gasteiger partial charge is 0.224 e. The molecule has 1 N–H and O–H groups in total. The molecule has 0 aromatic heterocycles. The second kappa shape index (κ2) is 8.33. The monoisotopic (exact) mass is 344 g/mol. The summed E-state index contributed by atoms with van der Waals surface area (Å²) in [6, 6.07) is 10.9. The van der Waals surface area contributed by atoms with Gasteiger partial charge in [0, 0.05) is 25.7 Å². The molecule has 2 unspecified atom stereocenters. The maximum Gasteiger partial charge on any atom is 0.224 e. The zero-order valence-electron chi connectivity index (χ0n) is 15.7. The first-order valence-corrected chi connectivity index (χ1v) is 9.72. The van der Waals surface area contributed by atoms with Gasteiger partial charge >= 0.3 is 0 Å². The van der Waals surface area contributed by atoms with Gasteiger partial charge in [-0.2, -0.15) is 0 Å². The molecule has 0 radical (unpaired) electrons. The Balaban J connectivity index is 1.46. The zero-order valence-corrected chi connectivity index (χ0v) is 15.7. The van der Waals surface area contributed by atoms with E-state index in [2.05, 4.69) is 54.4 Å². The molecule has 0 bridgehead atoms. The molecule has 2 aliphatic heterocycles. The number of nitrogens with one attached hydrogen (secondary N) is 1. The maximum absolute atomic E-state index is 12.7. The van der Waals surface area contributed by atoms with E-state index < -0.39 is 0 Å². The van der Waals surface area contributed by atoms with Crippen LogP contribution >= 0.6 is 0 Å². The molecule has 0 aliphatic carbocycles. The van der Waals surface area contributed by atoms with Gasteiger partial charge in [-0.05, 0) is 58.1 Å². The van der Waals surface area contributed by atoms with Gasteiger partial charge in [-0.15, -0.1) is 0 Å². The molecule has 3 rings (SSSR count). The van der Waals surface area contributed by atoms with E-state index in [4.69, 9.17) is 4.74 Å². The van der Waals surface area contributed by atoms with Crippen molar-refractivity contribution >= 4 is 5.91 Å². The van der Waals surface area contributed by atoms with Crippen LogP contribution in [-0.4, -0.2) is 48.7 Å². The molecule has 138 valence electrons. The minimum absolute atomic E-state index is 0.121. The minimum Gasteiger partial charge on any atom is -0.375 e. The van der Waals surface area contributed by atoms with Gasteiger partial charge in [0.2, 0.25) is 5.91 Å². The van der Waals surface area contributed by atoms with E-state index in [1.165, 1.54) is 5.56 Å². The Morgan fingerprint density at radius 1 is 1.28 bits per heavy atom. The highest BCUT2D eigenvalue weighted by molar-refractivity contribution is 5.79. The number of benzene rings is 1. The fraction of sp³-hybridized carbons (Fsp3) is 0.667. The summed E-state index contributed by atoms with van der Waals surface area (Å²) in [6.45, 7) is 8.00. The van der Waals surface area contributed by atoms with Crippen LogP contribution in [0.4, 0.5) is 0 Å². The van der Waals surface area contributed by atoms with Crippen LogP contribution in [0.1, 0.15) is 45.1 Å². The van der Waals surface area contributed by atoms with Gasteiger partial charge in [-0.25, -0.2) is 0 Å². The zero-order chi connectivity index (χ0) is 17.7. The van der Waals surface area contributed by atoms with Crippen molar-refractivity contribution in [2.24, 2.45) is 5.92 Å². The van der Waals surface area contributed by atoms with E-state index >= 15 is 0 Å². The minimum atomic E-state index is -0.121. The fourth-order valence-electron chi connectivity index (χ4n) is 4.08. The van der Waals surface area contributed by atoms with Crippen molar-refractivity contribution in [2.45, 2.75) is 57.6 Å². The first-order valence-electron chi connectivity index (χ1n) is 9.72. The predicted molar refractivity (Wildman–Crippen MR) is 101 cm³/mol. The Kier molecular flexibility index (Phi) is 6.13. The molecule has 25 heavy (non-hydrogen) atoms. The van der Waals surface area contributed by atoms with Gasteiger partial charge in [0.25, 0.3) is 0 Å². The molecular weight excluding hydrogens is 312 g/mol. The first kappa shape index (κ1) is 18.4. The summed E-state index contributed by atoms with van der Waals surface area (Å²) >= 11 is 0. The van der Waals surface area contributed by atoms with Crippen molar-refractivity contribution in [3.63, 3.8) is 0 Å². The quantitative estimate of drug-likeness (QED) is 0.893. The van der Waals surface area contributed by atoms with Crippen molar-refractivity contribution in [2.75, 3.05) is 26.2 Å². The van der Waals surface area contributed by atoms with Crippen LogP contribution < -0.4 is 5.32 Å². The lowest BCUT2D eigenvalue weighted by atomic mass is 9.92. The number of rotatable bonds is 5. The predicted octanol–water partition coefficient (Wildman–Crippen LogP) is 3.01. The number of hydrogen-bond donors (Lipinski definition) is 1. The van der Waals surface area contributed by atoms with Crippen molar-refractivity contribution < 1.29 is 9.53 Å². The largest absolute Gasteiger partial charge is 0.375 e. The molecule has 4 heteroatoms. The van der Waals surface area contributed by atoms with E-state index in [1.54, 1.807) is 0 Å². The lowest BCUT2D eigenvalue weighted by molar-refractivity contribution is -0.129. The maximum atomic E-state index is 12.7. The number of piperidine rings is 1. The lowest BCUT2D eigenvalue weighted by Crippen LogP contribution is -2.50. The van der Waals surface area contributed by atoms with Crippen LogP contribution in [-0.2, 0) is 16.0 Å². The molecule has 2 aliphatic rings. The standard InChI is InChI=1S/C21H32N2O2/c1-21(2)15-19(11-14-25-21)22-20(24)18-9-6-12-23(16-18)13-10-17-7-4-3-5-8-17/h3-5,7-8,18-19H,6,9-16H2,1-2H3,(H,22,24). The molecule has 1 aromatic carbocycles. The van der Waals surface area contributed by atoms with Crippen LogP contribution in [0.15, 0.2) is 30.3 Å². The van der Waals surface area contributed by atoms with E-state index in [0.717, 1.165) is 58.3 Å². The molecule has 0 saturated carbocycles. The van der Waals surface area contributed by atoms with Crippen LogP contribution in [0.5, 0.6) is 0 Å². The Morgan fingerprint density at radius 3 is 2.84 bits per heavy atom. The number of hydrogen-bond acceptors (Lipinski definition) is 3. The van der Waals surface area contributed by atoms with Gasteiger partial charge in [0.15, 0.2) is 0 Å². The molecule has 2 saturated heterocycles. The van der Waals surface area contributed by atoms with Gasteiger partial charge in [0.05, 0.1) is 11.5 Å². The van der Waals surface area contributed by atoms with Crippen LogP contribution in [0, 0.1) is 5.92 Å². The lowest BCUT2D eigenvalue weighted by Gasteiger charge is -2.37. The second-order valence-electron chi connectivity index (χ2n) is 8.18. The Labute approximate surface area is 151 Å². The Morgan fingerprint density at radius 2 is 2.08 bits per heavy atom. The number of amides is 1. The van der Waals surface area contributed by atoms with E-state index in [0.29, 0.717) is 0 Å². The molecule has 4 nitrogen and oxygen atoms in total. The first-order chi connectivity index (χ1) is 12.0. The van der Waals surface area contributed by atoms with Crippen LogP contribution in [0.3, 0.4) is 0 Å². The van der Waals surface area contributed by atoms with Crippen molar-refractivity contribution in [1.29, 1.82) is 0 Å². The summed E-state index contributed by atoms with van der Waals surface area (Å²) in [5.41, 5.74) is 1.25. The van der Waals surface area contributed by atoms with E-state index in [1.807, 2.05) is 0 Å². The highest BCUT2D eigenvalue weighted by atomic mass is 16.5. The van der Waals surface area contributed by atoms with Crippen molar-refractivity contribution in [3.8, 4) is 0 Å². The molecule has 2 fully saturated rings. The average Bonchev–Trinajstić information content (AvgIpc) is 2.60. The van der Waals surface area contributed by atoms with E-state index in [-0.39, 0.29) is 23.5 Å². The van der Waals surface area contributed by atoms with Crippen LogP contribution in [0.2, 0.25) is 0 Å². The topological polar surface area (TPSA) is 41.6 Å². The van der Waals surface area contributed by atoms with Gasteiger partial charge in [0.1, 0.15) is 0 Å². The van der Waals surface area contributed by atoms with Gasteiger partial charge in [-0.1, -0.05) is 30.3 Å². The molecular formula is C21H32N2O2. The molecule has 2 heterocycles. The number of nitrogens with zero attached hydrogens (tertiary/aromatic N) is 1.